The van der Waals surface area contributed by atoms with Crippen LogP contribution in [0.4, 0.5) is 0 Å². The normalized spacial score (nSPS) is 39.9. The zero-order valence-electron chi connectivity index (χ0n) is 46.3. The Bertz CT molecular complexity index is 2760. The molecule has 10 aliphatic rings. The number of benzene rings is 2. The molecule has 4 bridgehead atoms. The van der Waals surface area contributed by atoms with Gasteiger partial charge in [0.15, 0.2) is 20.2 Å². The van der Waals surface area contributed by atoms with Gasteiger partial charge in [-0.15, -0.1) is 0 Å². The molecule has 12 heteroatoms. The molecule has 402 valence electrons. The first-order valence-electron chi connectivity index (χ1n) is 28.4. The Morgan fingerprint density at radius 2 is 1.29 bits per heavy atom. The van der Waals surface area contributed by atoms with Crippen LogP contribution in [-0.2, 0) is 33.0 Å². The molecule has 11 nitrogen and oxygen atoms in total. The van der Waals surface area contributed by atoms with Gasteiger partial charge in [-0.1, -0.05) is 102 Å². The summed E-state index contributed by atoms with van der Waals surface area (Å²) in [6.45, 7) is 19.8. The van der Waals surface area contributed by atoms with E-state index in [1.54, 1.807) is 12.1 Å². The maximum atomic E-state index is 13.8. The number of carbonyl (C=O) groups excluding carboxylic acids is 4. The lowest BCUT2D eigenvalue weighted by atomic mass is 9.60. The van der Waals surface area contributed by atoms with Gasteiger partial charge in [-0.3, -0.25) is 9.59 Å². The van der Waals surface area contributed by atoms with Gasteiger partial charge in [0.25, 0.3) is 0 Å². The van der Waals surface area contributed by atoms with E-state index in [4.69, 9.17) is 23.4 Å². The van der Waals surface area contributed by atoms with E-state index in [0.717, 1.165) is 81.9 Å². The molecular formula is C63H82N2O9Si. The van der Waals surface area contributed by atoms with Crippen LogP contribution in [0.2, 0.25) is 18.1 Å². The monoisotopic (exact) mass is 1040 g/mol. The fraction of sp³-hybridized carbons (Fsp3) is 0.619. The van der Waals surface area contributed by atoms with Gasteiger partial charge in [-0.2, -0.15) is 0 Å². The fourth-order valence-electron chi connectivity index (χ4n) is 16.3. The molecule has 6 fully saturated rings. The van der Waals surface area contributed by atoms with Crippen LogP contribution in [0.5, 0.6) is 0 Å². The molecule has 0 aromatic heterocycles. The van der Waals surface area contributed by atoms with Gasteiger partial charge in [0.1, 0.15) is 11.9 Å². The molecule has 2 aromatic rings. The Labute approximate surface area is 446 Å². The maximum absolute atomic E-state index is 13.8. The number of ether oxygens (including phenoxy) is 4. The number of carbonyl (C=O) groups is 4. The lowest BCUT2D eigenvalue weighted by Crippen LogP contribution is -2.59. The van der Waals surface area contributed by atoms with E-state index in [2.05, 4.69) is 89.6 Å². The standard InChI is InChI=1S/C34H47NO5Si.C29H35NO4/c1-31(2,3)41(6,7)39-27-14-13-26-32(27,4)16-15-24-19-25-29(38-30(37)22-11-9-8-10-12-22)28(36)23(21-35-5)20-33(25)17-18-34(24,26)40-33;1-18-20(17-30-3)16-28-13-14-29(34-28)21(11-12-27(2)23(29)9-10-24(27)31)15-22(28)25(18)33-26(32)19-7-5-4-6-8-19/h8-12,15,19,23,26-27,29,35H,13-14,16-18,20-21H2,1-7H3;4-8,11,15,18,20,23,25,30H,9-10,12-14,16-17H2,1-3H3/t23-,26-,27+,29-,32+,33-,34-;18-,20-,23-,25+,27+,28-,29-/m11/s1. The van der Waals surface area contributed by atoms with Gasteiger partial charge in [0, 0.05) is 58.6 Å². The van der Waals surface area contributed by atoms with Crippen molar-refractivity contribution in [2.24, 2.45) is 40.4 Å². The number of ketones is 2. The Morgan fingerprint density at radius 1 is 0.720 bits per heavy atom. The highest BCUT2D eigenvalue weighted by Crippen LogP contribution is 2.69. The van der Waals surface area contributed by atoms with Crippen molar-refractivity contribution < 1.29 is 42.6 Å². The summed E-state index contributed by atoms with van der Waals surface area (Å²) < 4.78 is 34.1. The highest BCUT2D eigenvalue weighted by molar-refractivity contribution is 6.74. The zero-order chi connectivity index (χ0) is 53.1. The topological polar surface area (TPSA) is 138 Å². The predicted octanol–water partition coefficient (Wildman–Crippen LogP) is 11.0. The van der Waals surface area contributed by atoms with E-state index in [1.165, 1.54) is 11.1 Å². The summed E-state index contributed by atoms with van der Waals surface area (Å²) in [5, 5.41) is 6.72. The fourth-order valence-corrected chi connectivity index (χ4v) is 17.8. The summed E-state index contributed by atoms with van der Waals surface area (Å²) in [5.74, 6) is 0.429. The third kappa shape index (κ3) is 8.17. The van der Waals surface area contributed by atoms with Crippen molar-refractivity contribution in [1.82, 2.24) is 10.6 Å². The molecule has 0 unspecified atom stereocenters. The van der Waals surface area contributed by atoms with Crippen LogP contribution >= 0.6 is 0 Å². The van der Waals surface area contributed by atoms with Crippen LogP contribution in [0.3, 0.4) is 0 Å². The second kappa shape index (κ2) is 18.7. The van der Waals surface area contributed by atoms with E-state index in [1.807, 2.05) is 62.6 Å². The Kier molecular flexibility index (Phi) is 13.1. The molecule has 2 saturated heterocycles. The zero-order valence-corrected chi connectivity index (χ0v) is 47.3. The number of hydrogen-bond donors (Lipinski definition) is 2. The van der Waals surface area contributed by atoms with Crippen molar-refractivity contribution in [3.05, 3.63) is 118 Å². The number of allylic oxidation sites excluding steroid dienone is 2. The predicted molar refractivity (Wildman–Crippen MR) is 291 cm³/mol. The van der Waals surface area contributed by atoms with E-state index in [9.17, 15) is 19.2 Å². The lowest BCUT2D eigenvalue weighted by Gasteiger charge is -2.55. The van der Waals surface area contributed by atoms with Crippen molar-refractivity contribution in [3.63, 3.8) is 0 Å². The van der Waals surface area contributed by atoms with Crippen molar-refractivity contribution in [1.29, 1.82) is 0 Å². The number of esters is 2. The molecule has 14 atom stereocenters. The highest BCUT2D eigenvalue weighted by Gasteiger charge is 2.71. The molecule has 6 aliphatic carbocycles. The van der Waals surface area contributed by atoms with Crippen LogP contribution in [0.25, 0.3) is 0 Å². The molecule has 4 saturated carbocycles. The Morgan fingerprint density at radius 3 is 1.91 bits per heavy atom. The van der Waals surface area contributed by atoms with Gasteiger partial charge in [0.05, 0.1) is 39.6 Å². The third-order valence-electron chi connectivity index (χ3n) is 21.4. The molecule has 2 N–H and O–H groups in total. The Balaban J connectivity index is 0.000000163. The van der Waals surface area contributed by atoms with Crippen LogP contribution in [-0.4, -0.2) is 99.7 Å². The lowest BCUT2D eigenvalue weighted by molar-refractivity contribution is -0.162. The highest BCUT2D eigenvalue weighted by atomic mass is 28.4. The van der Waals surface area contributed by atoms with Crippen LogP contribution in [0.15, 0.2) is 107 Å². The van der Waals surface area contributed by atoms with Crippen LogP contribution < -0.4 is 10.6 Å². The van der Waals surface area contributed by atoms with E-state index in [-0.39, 0.29) is 68.8 Å². The second-order valence-electron chi connectivity index (χ2n) is 26.4. The Hall–Kier alpha value is -4.30. The largest absolute Gasteiger partial charge is 0.454 e. The first kappa shape index (κ1) is 52.7. The molecule has 0 radical (unpaired) electrons. The van der Waals surface area contributed by atoms with Gasteiger partial charge in [-0.05, 0) is 151 Å². The summed E-state index contributed by atoms with van der Waals surface area (Å²) in [7, 11) is 1.92. The number of hydrogen-bond acceptors (Lipinski definition) is 11. The van der Waals surface area contributed by atoms with E-state index < -0.39 is 31.6 Å². The minimum atomic E-state index is -1.94. The SMILES string of the molecule is CNC[C@H]1C[C@@]23CC[C@@]4(O2)C(=CC[C@]2(C)C(=O)CC[C@H]24)C=C3[C@@H](OC(=O)c2ccccc2)[C@@H]1C.CNC[C@H]1C[C@@]23CC[C@@]4(O2)C(=CC[C@]2(C)[C@@H](O[Si](C)(C)C(C)(C)C)CC[C@H]24)C=C3[C@@H](OC(=O)c2ccccc2)C1=O. The third-order valence-corrected chi connectivity index (χ3v) is 25.9. The first-order chi connectivity index (χ1) is 35.6. The second-order valence-corrected chi connectivity index (χ2v) is 31.2. The molecule has 2 aromatic carbocycles. The molecule has 4 heterocycles. The minimum Gasteiger partial charge on any atom is -0.454 e. The van der Waals surface area contributed by atoms with Crippen molar-refractivity contribution in [2.45, 2.75) is 177 Å². The van der Waals surface area contributed by atoms with Gasteiger partial charge in [0.2, 0.25) is 0 Å². The summed E-state index contributed by atoms with van der Waals surface area (Å²) in [5.41, 5.74) is 3.33. The van der Waals surface area contributed by atoms with Crippen molar-refractivity contribution in [3.8, 4) is 0 Å². The van der Waals surface area contributed by atoms with Crippen LogP contribution in [0.1, 0.15) is 139 Å². The molecule has 4 aliphatic heterocycles. The molecular weight excluding hydrogens is 957 g/mol. The average Bonchev–Trinajstić information content (AvgIpc) is 4.10. The molecule has 75 heavy (non-hydrogen) atoms. The van der Waals surface area contributed by atoms with E-state index >= 15 is 0 Å². The number of Topliss-reactive ketones (excluding diaryl/α,β-unsaturated/α-hetero) is 2. The quantitative estimate of drug-likeness (QED) is 0.174. The average molecular weight is 1040 g/mol. The smallest absolute Gasteiger partial charge is 0.339 e. The minimum absolute atomic E-state index is 0.00390. The summed E-state index contributed by atoms with van der Waals surface area (Å²) >= 11 is 0. The molecule has 4 spiro atoms. The summed E-state index contributed by atoms with van der Waals surface area (Å²) in [4.78, 5) is 53.1. The summed E-state index contributed by atoms with van der Waals surface area (Å²) in [6, 6.07) is 18.2. The molecule has 12 rings (SSSR count). The molecule has 0 amide bonds. The number of fused-ring (bicyclic) bond motifs is 2. The van der Waals surface area contributed by atoms with Crippen molar-refractivity contribution >= 4 is 31.8 Å². The first-order valence-corrected chi connectivity index (χ1v) is 31.3. The van der Waals surface area contributed by atoms with E-state index in [0.29, 0.717) is 48.1 Å². The van der Waals surface area contributed by atoms with Crippen molar-refractivity contribution in [2.75, 3.05) is 27.2 Å². The van der Waals surface area contributed by atoms with Gasteiger partial charge in [-0.25, -0.2) is 9.59 Å². The number of nitrogens with one attached hydrogen (secondary N) is 2. The van der Waals surface area contributed by atoms with Gasteiger partial charge < -0.3 is 34.0 Å². The van der Waals surface area contributed by atoms with Gasteiger partial charge >= 0.3 is 11.9 Å². The van der Waals surface area contributed by atoms with Crippen LogP contribution in [0, 0.1) is 40.4 Å². The number of rotatable bonds is 10. The summed E-state index contributed by atoms with van der Waals surface area (Å²) in [6.07, 6.45) is 18.7. The maximum Gasteiger partial charge on any atom is 0.339 e.